The van der Waals surface area contributed by atoms with E-state index in [1.165, 1.54) is 6.20 Å². The summed E-state index contributed by atoms with van der Waals surface area (Å²) in [7, 11) is 0. The zero-order valence-electron chi connectivity index (χ0n) is 10.6. The second-order valence-corrected chi connectivity index (χ2v) is 4.68. The lowest BCUT2D eigenvalue weighted by molar-refractivity contribution is -0.154. The summed E-state index contributed by atoms with van der Waals surface area (Å²) in [5.74, 6) is -0.863. The number of carbonyl (C=O) groups is 2. The summed E-state index contributed by atoms with van der Waals surface area (Å²) in [6.07, 6.45) is 2.11. The largest absolute Gasteiger partial charge is 0.481 e. The smallest absolute Gasteiger partial charge is 0.311 e. The zero-order valence-corrected chi connectivity index (χ0v) is 10.6. The van der Waals surface area contributed by atoms with E-state index in [0.717, 1.165) is 0 Å². The average Bonchev–Trinajstić information content (AvgIpc) is 2.83. The molecule has 0 aromatic carbocycles. The van der Waals surface area contributed by atoms with Gasteiger partial charge in [-0.15, -0.1) is 0 Å². The molecule has 1 aromatic rings. The molecule has 2 N–H and O–H groups in total. The summed E-state index contributed by atoms with van der Waals surface area (Å²) in [6.45, 7) is 2.50. The van der Waals surface area contributed by atoms with Gasteiger partial charge in [0.1, 0.15) is 11.3 Å². The van der Waals surface area contributed by atoms with Crippen molar-refractivity contribution in [1.29, 1.82) is 0 Å². The van der Waals surface area contributed by atoms with Gasteiger partial charge in [-0.1, -0.05) is 5.16 Å². The van der Waals surface area contributed by atoms with Crippen LogP contribution >= 0.6 is 0 Å². The molecule has 0 bridgehead atoms. The summed E-state index contributed by atoms with van der Waals surface area (Å²) in [4.78, 5) is 23.3. The van der Waals surface area contributed by atoms with Gasteiger partial charge in [0.25, 0.3) is 5.91 Å². The van der Waals surface area contributed by atoms with E-state index in [-0.39, 0.29) is 12.5 Å². The lowest BCUT2D eigenvalue weighted by atomic mass is 9.80. The minimum atomic E-state index is -0.945. The molecule has 0 atom stereocenters. The molecule has 1 aliphatic heterocycles. The Hall–Kier alpha value is -1.89. The number of ether oxygens (including phenoxy) is 1. The third-order valence-electron chi connectivity index (χ3n) is 3.49. The number of hydrogen-bond acceptors (Lipinski definition) is 5. The van der Waals surface area contributed by atoms with Crippen LogP contribution in [0.1, 0.15) is 29.0 Å². The number of aromatic nitrogens is 1. The van der Waals surface area contributed by atoms with E-state index in [9.17, 15) is 14.7 Å². The highest BCUT2D eigenvalue weighted by molar-refractivity contribution is 5.95. The summed E-state index contributed by atoms with van der Waals surface area (Å²) in [5, 5.41) is 15.5. The van der Waals surface area contributed by atoms with Crippen LogP contribution in [0.2, 0.25) is 0 Å². The predicted molar refractivity (Wildman–Crippen MR) is 63.7 cm³/mol. The molecule has 104 valence electrons. The lowest BCUT2D eigenvalue weighted by Crippen LogP contribution is -2.46. The maximum Gasteiger partial charge on any atom is 0.311 e. The Bertz CT molecular complexity index is 476. The van der Waals surface area contributed by atoms with Crippen molar-refractivity contribution in [2.75, 3.05) is 19.8 Å². The van der Waals surface area contributed by atoms with Gasteiger partial charge in [0.2, 0.25) is 0 Å². The van der Waals surface area contributed by atoms with Crippen LogP contribution in [0, 0.1) is 12.3 Å². The Balaban J connectivity index is 2.02. The van der Waals surface area contributed by atoms with E-state index < -0.39 is 11.4 Å². The Labute approximate surface area is 109 Å². The number of aliphatic carboxylic acids is 1. The van der Waals surface area contributed by atoms with Gasteiger partial charge in [-0.25, -0.2) is 0 Å². The molecule has 2 heterocycles. The number of rotatable bonds is 4. The second kappa shape index (κ2) is 5.40. The molecule has 0 saturated carbocycles. The third kappa shape index (κ3) is 2.76. The van der Waals surface area contributed by atoms with Crippen LogP contribution in [0.15, 0.2) is 10.7 Å². The molecule has 0 unspecified atom stereocenters. The number of carboxylic acids is 1. The minimum absolute atomic E-state index is 0.0785. The Kier molecular flexibility index (Phi) is 3.84. The Morgan fingerprint density at radius 3 is 2.68 bits per heavy atom. The van der Waals surface area contributed by atoms with Gasteiger partial charge in [-0.3, -0.25) is 9.59 Å². The first-order chi connectivity index (χ1) is 9.05. The first-order valence-electron chi connectivity index (χ1n) is 6.06. The monoisotopic (exact) mass is 268 g/mol. The standard InChI is InChI=1S/C12H16N2O5/c1-8-9(6-14-19-8)10(15)13-7-12(11(16)17)2-4-18-5-3-12/h6H,2-5,7H2,1H3,(H,13,15)(H,16,17). The molecule has 19 heavy (non-hydrogen) atoms. The minimum Gasteiger partial charge on any atom is -0.481 e. The van der Waals surface area contributed by atoms with Crippen molar-refractivity contribution in [3.05, 3.63) is 17.5 Å². The molecule has 7 nitrogen and oxygen atoms in total. The number of carboxylic acid groups (broad SMARTS) is 1. The maximum absolute atomic E-state index is 11.9. The van der Waals surface area contributed by atoms with E-state index in [1.54, 1.807) is 6.92 Å². The molecule has 0 radical (unpaired) electrons. The van der Waals surface area contributed by atoms with Crippen molar-refractivity contribution in [3.63, 3.8) is 0 Å². The number of aryl methyl sites for hydroxylation is 1. The van der Waals surface area contributed by atoms with E-state index in [0.29, 0.717) is 37.4 Å². The highest BCUT2D eigenvalue weighted by Crippen LogP contribution is 2.30. The van der Waals surface area contributed by atoms with Gasteiger partial charge in [-0.05, 0) is 19.8 Å². The Morgan fingerprint density at radius 2 is 2.16 bits per heavy atom. The van der Waals surface area contributed by atoms with Crippen LogP contribution in [0.4, 0.5) is 0 Å². The van der Waals surface area contributed by atoms with Crippen molar-refractivity contribution in [2.24, 2.45) is 5.41 Å². The molecular formula is C12H16N2O5. The molecule has 2 rings (SSSR count). The number of carbonyl (C=O) groups excluding carboxylic acids is 1. The topological polar surface area (TPSA) is 102 Å². The van der Waals surface area contributed by atoms with Crippen LogP contribution in [0.5, 0.6) is 0 Å². The van der Waals surface area contributed by atoms with Gasteiger partial charge >= 0.3 is 5.97 Å². The summed E-state index contributed by atoms with van der Waals surface area (Å²) < 4.78 is 9.97. The highest BCUT2D eigenvalue weighted by atomic mass is 16.5. The van der Waals surface area contributed by atoms with Gasteiger partial charge in [0, 0.05) is 19.8 Å². The van der Waals surface area contributed by atoms with Crippen molar-refractivity contribution in [3.8, 4) is 0 Å². The van der Waals surface area contributed by atoms with Crippen LogP contribution in [-0.2, 0) is 9.53 Å². The van der Waals surface area contributed by atoms with Crippen LogP contribution in [0.3, 0.4) is 0 Å². The van der Waals surface area contributed by atoms with E-state index >= 15 is 0 Å². The van der Waals surface area contributed by atoms with Crippen molar-refractivity contribution >= 4 is 11.9 Å². The fourth-order valence-corrected chi connectivity index (χ4v) is 2.09. The van der Waals surface area contributed by atoms with Crippen LogP contribution in [-0.4, -0.2) is 41.9 Å². The zero-order chi connectivity index (χ0) is 13.9. The number of nitrogens with zero attached hydrogens (tertiary/aromatic N) is 1. The average molecular weight is 268 g/mol. The SMILES string of the molecule is Cc1oncc1C(=O)NCC1(C(=O)O)CCOCC1. The lowest BCUT2D eigenvalue weighted by Gasteiger charge is -2.33. The second-order valence-electron chi connectivity index (χ2n) is 4.68. The fraction of sp³-hybridized carbons (Fsp3) is 0.583. The van der Waals surface area contributed by atoms with Gasteiger partial charge in [0.05, 0.1) is 11.6 Å². The van der Waals surface area contributed by atoms with Crippen LogP contribution in [0.25, 0.3) is 0 Å². The molecule has 1 fully saturated rings. The van der Waals surface area contributed by atoms with Crippen molar-refractivity contribution in [1.82, 2.24) is 10.5 Å². The number of nitrogens with one attached hydrogen (secondary N) is 1. The Morgan fingerprint density at radius 1 is 1.47 bits per heavy atom. The molecule has 1 saturated heterocycles. The molecule has 0 spiro atoms. The number of hydrogen-bond donors (Lipinski definition) is 2. The van der Waals surface area contributed by atoms with Crippen molar-refractivity contribution < 1.29 is 24.0 Å². The van der Waals surface area contributed by atoms with Gasteiger partial charge < -0.3 is 19.7 Å². The predicted octanol–water partition coefficient (Wildman–Crippen LogP) is 0.594. The van der Waals surface area contributed by atoms with Gasteiger partial charge in [-0.2, -0.15) is 0 Å². The van der Waals surface area contributed by atoms with E-state index in [2.05, 4.69) is 10.5 Å². The van der Waals surface area contributed by atoms with E-state index in [4.69, 9.17) is 9.26 Å². The molecule has 1 aliphatic rings. The fourth-order valence-electron chi connectivity index (χ4n) is 2.09. The highest BCUT2D eigenvalue weighted by Gasteiger charge is 2.40. The third-order valence-corrected chi connectivity index (χ3v) is 3.49. The van der Waals surface area contributed by atoms with Gasteiger partial charge in [0.15, 0.2) is 0 Å². The summed E-state index contributed by atoms with van der Waals surface area (Å²) in [5.41, 5.74) is -0.619. The quantitative estimate of drug-likeness (QED) is 0.828. The summed E-state index contributed by atoms with van der Waals surface area (Å²) in [6, 6.07) is 0. The van der Waals surface area contributed by atoms with Crippen LogP contribution < -0.4 is 5.32 Å². The summed E-state index contributed by atoms with van der Waals surface area (Å²) >= 11 is 0. The first-order valence-corrected chi connectivity index (χ1v) is 6.06. The van der Waals surface area contributed by atoms with E-state index in [1.807, 2.05) is 0 Å². The normalized spacial score (nSPS) is 17.9. The first kappa shape index (κ1) is 13.5. The molecule has 7 heteroatoms. The molecule has 1 amide bonds. The molecule has 0 aliphatic carbocycles. The van der Waals surface area contributed by atoms with Crippen molar-refractivity contribution in [2.45, 2.75) is 19.8 Å². The maximum atomic E-state index is 11.9. The number of amides is 1. The molecular weight excluding hydrogens is 252 g/mol. The molecule has 1 aromatic heterocycles.